The summed E-state index contributed by atoms with van der Waals surface area (Å²) >= 11 is 1.66. The zero-order valence-electron chi connectivity index (χ0n) is 15.1. The fourth-order valence-corrected chi connectivity index (χ4v) is 4.00. The minimum atomic E-state index is -0.362. The number of thiazole rings is 1. The molecule has 0 radical (unpaired) electrons. The Morgan fingerprint density at radius 3 is 2.36 bits per heavy atom. The molecule has 6 heteroatoms. The molecule has 0 bridgehead atoms. The SMILES string of the molecule is CC(C)(C)C(=O)N1CCN(C(=O)CCc2nc3ccccc3s2)CC1. The molecule has 2 aromatic rings. The number of amides is 2. The van der Waals surface area contributed by atoms with Gasteiger partial charge in [-0.2, -0.15) is 0 Å². The molecule has 1 saturated heterocycles. The second-order valence-corrected chi connectivity index (χ2v) is 8.61. The fourth-order valence-electron chi connectivity index (χ4n) is 3.03. The minimum Gasteiger partial charge on any atom is -0.339 e. The van der Waals surface area contributed by atoms with Crippen LogP contribution < -0.4 is 0 Å². The Bertz CT molecular complexity index is 737. The summed E-state index contributed by atoms with van der Waals surface area (Å²) in [6, 6.07) is 8.05. The van der Waals surface area contributed by atoms with Gasteiger partial charge in [-0.3, -0.25) is 9.59 Å². The van der Waals surface area contributed by atoms with Crippen LogP contribution in [0.25, 0.3) is 10.2 Å². The van der Waals surface area contributed by atoms with Crippen molar-refractivity contribution in [2.75, 3.05) is 26.2 Å². The van der Waals surface area contributed by atoms with Gasteiger partial charge in [0.25, 0.3) is 0 Å². The molecule has 1 aromatic heterocycles. The molecule has 0 N–H and O–H groups in total. The highest BCUT2D eigenvalue weighted by atomic mass is 32.1. The smallest absolute Gasteiger partial charge is 0.228 e. The lowest BCUT2D eigenvalue weighted by Gasteiger charge is -2.37. The summed E-state index contributed by atoms with van der Waals surface area (Å²) in [5.41, 5.74) is 0.642. The van der Waals surface area contributed by atoms with Crippen molar-refractivity contribution in [3.05, 3.63) is 29.3 Å². The Morgan fingerprint density at radius 2 is 1.72 bits per heavy atom. The summed E-state index contributed by atoms with van der Waals surface area (Å²) in [7, 11) is 0. The third-order valence-corrected chi connectivity index (χ3v) is 5.55. The quantitative estimate of drug-likeness (QED) is 0.847. The predicted octanol–water partition coefficient (Wildman–Crippen LogP) is 2.95. The van der Waals surface area contributed by atoms with Gasteiger partial charge in [0, 0.05) is 44.4 Å². The number of aromatic nitrogens is 1. The van der Waals surface area contributed by atoms with Gasteiger partial charge in [-0.05, 0) is 12.1 Å². The van der Waals surface area contributed by atoms with Crippen molar-refractivity contribution >= 4 is 33.4 Å². The maximum atomic E-state index is 12.5. The largest absolute Gasteiger partial charge is 0.339 e. The van der Waals surface area contributed by atoms with Crippen LogP contribution in [-0.4, -0.2) is 52.8 Å². The Balaban J connectivity index is 1.50. The molecule has 25 heavy (non-hydrogen) atoms. The van der Waals surface area contributed by atoms with E-state index in [-0.39, 0.29) is 17.2 Å². The van der Waals surface area contributed by atoms with Crippen LogP contribution in [0.15, 0.2) is 24.3 Å². The van der Waals surface area contributed by atoms with Gasteiger partial charge in [-0.1, -0.05) is 32.9 Å². The molecule has 1 aliphatic heterocycles. The van der Waals surface area contributed by atoms with E-state index < -0.39 is 0 Å². The Labute approximate surface area is 152 Å². The van der Waals surface area contributed by atoms with E-state index in [4.69, 9.17) is 0 Å². The molecule has 2 amide bonds. The van der Waals surface area contributed by atoms with Crippen LogP contribution in [-0.2, 0) is 16.0 Å². The number of carbonyl (C=O) groups excluding carboxylic acids is 2. The van der Waals surface area contributed by atoms with E-state index in [2.05, 4.69) is 11.1 Å². The van der Waals surface area contributed by atoms with Gasteiger partial charge in [0.05, 0.1) is 15.2 Å². The average molecular weight is 359 g/mol. The second kappa shape index (κ2) is 7.12. The van der Waals surface area contributed by atoms with Crippen LogP contribution in [0.4, 0.5) is 0 Å². The first-order chi connectivity index (χ1) is 11.8. The highest BCUT2D eigenvalue weighted by Gasteiger charge is 2.30. The summed E-state index contributed by atoms with van der Waals surface area (Å²) in [5.74, 6) is 0.316. The molecule has 1 aromatic carbocycles. The highest BCUT2D eigenvalue weighted by molar-refractivity contribution is 7.18. The maximum absolute atomic E-state index is 12.5. The topological polar surface area (TPSA) is 53.5 Å². The summed E-state index contributed by atoms with van der Waals surface area (Å²) in [5, 5.41) is 1.01. The van der Waals surface area contributed by atoms with Crippen molar-refractivity contribution in [1.82, 2.24) is 14.8 Å². The lowest BCUT2D eigenvalue weighted by molar-refractivity contribution is -0.144. The molecule has 0 atom stereocenters. The van der Waals surface area contributed by atoms with Crippen molar-refractivity contribution in [2.24, 2.45) is 5.41 Å². The summed E-state index contributed by atoms with van der Waals surface area (Å²) in [6.45, 7) is 8.31. The van der Waals surface area contributed by atoms with E-state index >= 15 is 0 Å². The third kappa shape index (κ3) is 4.18. The molecular formula is C19H25N3O2S. The lowest BCUT2D eigenvalue weighted by atomic mass is 9.94. The molecule has 0 unspecified atom stereocenters. The van der Waals surface area contributed by atoms with Crippen molar-refractivity contribution in [3.8, 4) is 0 Å². The van der Waals surface area contributed by atoms with Crippen molar-refractivity contribution in [2.45, 2.75) is 33.6 Å². The third-order valence-electron chi connectivity index (χ3n) is 4.45. The van der Waals surface area contributed by atoms with Crippen molar-refractivity contribution in [3.63, 3.8) is 0 Å². The molecule has 134 valence electrons. The van der Waals surface area contributed by atoms with Crippen LogP contribution in [0.3, 0.4) is 0 Å². The Kier molecular flexibility index (Phi) is 5.08. The highest BCUT2D eigenvalue weighted by Crippen LogP contribution is 2.23. The van der Waals surface area contributed by atoms with E-state index in [9.17, 15) is 9.59 Å². The van der Waals surface area contributed by atoms with Gasteiger partial charge >= 0.3 is 0 Å². The van der Waals surface area contributed by atoms with Crippen LogP contribution in [0, 0.1) is 5.41 Å². The van der Waals surface area contributed by atoms with E-state index in [0.717, 1.165) is 10.5 Å². The molecule has 1 fully saturated rings. The van der Waals surface area contributed by atoms with Gasteiger partial charge in [0.1, 0.15) is 0 Å². The predicted molar refractivity (Wildman–Crippen MR) is 101 cm³/mol. The van der Waals surface area contributed by atoms with Gasteiger partial charge in [-0.15, -0.1) is 11.3 Å². The maximum Gasteiger partial charge on any atom is 0.228 e. The number of hydrogen-bond acceptors (Lipinski definition) is 4. The van der Waals surface area contributed by atoms with Crippen LogP contribution in [0.1, 0.15) is 32.2 Å². The van der Waals surface area contributed by atoms with E-state index in [1.54, 1.807) is 11.3 Å². The first-order valence-electron chi connectivity index (χ1n) is 8.76. The molecule has 0 aliphatic carbocycles. The monoisotopic (exact) mass is 359 g/mol. The normalized spacial score (nSPS) is 15.6. The molecule has 1 aliphatic rings. The number of piperazine rings is 1. The Morgan fingerprint density at radius 1 is 1.08 bits per heavy atom. The Hall–Kier alpha value is -1.95. The number of rotatable bonds is 3. The number of nitrogens with zero attached hydrogens (tertiary/aromatic N) is 3. The first-order valence-corrected chi connectivity index (χ1v) is 9.58. The van der Waals surface area contributed by atoms with Gasteiger partial charge < -0.3 is 9.80 Å². The number of hydrogen-bond donors (Lipinski definition) is 0. The first kappa shape index (κ1) is 17.9. The number of aryl methyl sites for hydroxylation is 1. The zero-order valence-corrected chi connectivity index (χ0v) is 15.9. The minimum absolute atomic E-state index is 0.155. The van der Waals surface area contributed by atoms with Gasteiger partial charge in [-0.25, -0.2) is 4.98 Å². The van der Waals surface area contributed by atoms with Gasteiger partial charge in [0.2, 0.25) is 11.8 Å². The number of benzene rings is 1. The van der Waals surface area contributed by atoms with Crippen LogP contribution >= 0.6 is 11.3 Å². The number of carbonyl (C=O) groups is 2. The van der Waals surface area contributed by atoms with Gasteiger partial charge in [0.15, 0.2) is 0 Å². The van der Waals surface area contributed by atoms with E-state index in [1.165, 1.54) is 4.70 Å². The van der Waals surface area contributed by atoms with Crippen molar-refractivity contribution in [1.29, 1.82) is 0 Å². The molecule has 0 saturated carbocycles. The van der Waals surface area contributed by atoms with Crippen LogP contribution in [0.5, 0.6) is 0 Å². The zero-order chi connectivity index (χ0) is 18.0. The molecule has 3 rings (SSSR count). The fraction of sp³-hybridized carbons (Fsp3) is 0.526. The molecule has 0 spiro atoms. The van der Waals surface area contributed by atoms with Crippen LogP contribution in [0.2, 0.25) is 0 Å². The van der Waals surface area contributed by atoms with E-state index in [1.807, 2.05) is 48.8 Å². The standard InChI is InChI=1S/C19H25N3O2S/c1-19(2,3)18(24)22-12-10-21(11-13-22)17(23)9-8-16-20-14-6-4-5-7-15(14)25-16/h4-7H,8-13H2,1-3H3. The summed E-state index contributed by atoms with van der Waals surface area (Å²) < 4.78 is 1.17. The van der Waals surface area contributed by atoms with Crippen molar-refractivity contribution < 1.29 is 9.59 Å². The number of fused-ring (bicyclic) bond motifs is 1. The molecule has 5 nitrogen and oxygen atoms in total. The average Bonchev–Trinajstić information content (AvgIpc) is 3.01. The summed E-state index contributed by atoms with van der Waals surface area (Å²) in [4.78, 5) is 33.1. The lowest BCUT2D eigenvalue weighted by Crippen LogP contribution is -2.53. The molecule has 2 heterocycles. The second-order valence-electron chi connectivity index (χ2n) is 7.50. The van der Waals surface area contributed by atoms with E-state index in [0.29, 0.717) is 39.0 Å². The molecular weight excluding hydrogens is 334 g/mol. The summed E-state index contributed by atoms with van der Waals surface area (Å²) in [6.07, 6.45) is 1.16. The number of para-hydroxylation sites is 1.